The summed E-state index contributed by atoms with van der Waals surface area (Å²) >= 11 is 0.697. The van der Waals surface area contributed by atoms with E-state index >= 15 is 0 Å². The number of sulfonamides is 1. The number of alkyl halides is 1. The van der Waals surface area contributed by atoms with Gasteiger partial charge in [-0.25, -0.2) is 0 Å². The first-order valence-corrected chi connectivity index (χ1v) is 14.6. The predicted molar refractivity (Wildman–Crippen MR) is 116 cm³/mol. The van der Waals surface area contributed by atoms with Crippen LogP contribution >= 0.6 is 11.3 Å². The number of carbonyl (C=O) groups is 1. The van der Waals surface area contributed by atoms with E-state index in [0.29, 0.717) is 30.4 Å². The molecule has 1 aliphatic heterocycles. The van der Waals surface area contributed by atoms with E-state index in [1.165, 1.54) is 11.3 Å². The van der Waals surface area contributed by atoms with Crippen LogP contribution in [-0.4, -0.2) is 41.7 Å². The molecular formula is C20H22IN4O4S2-. The third-order valence-electron chi connectivity index (χ3n) is 5.07. The zero-order chi connectivity index (χ0) is 21.8. The van der Waals surface area contributed by atoms with Gasteiger partial charge < -0.3 is 0 Å². The van der Waals surface area contributed by atoms with Gasteiger partial charge in [0.2, 0.25) is 0 Å². The molecule has 3 N–H and O–H groups in total. The first-order chi connectivity index (χ1) is 14.9. The minimum atomic E-state index is -3.58. The number of fused-ring (bicyclic) bond motifs is 1. The standard InChI is InChI=1S/C20H22IN4O4S2/c26-19(23-27)21-12-17-13-30-20(22-17)25-9-7-16(8-10-25)24-31(28,29)18-6-5-14-3-1-2-4-15(14)11-18/h1-6,11,13,16,24,27H,7-10,12H2,(H,23,26)/q-1. The van der Waals surface area contributed by atoms with Gasteiger partial charge in [0.1, 0.15) is 0 Å². The number of thiazole rings is 1. The molecule has 3 aromatic rings. The van der Waals surface area contributed by atoms with Crippen LogP contribution in [0.15, 0.2) is 52.7 Å². The van der Waals surface area contributed by atoms with Crippen molar-refractivity contribution < 1.29 is 39.6 Å². The fourth-order valence-electron chi connectivity index (χ4n) is 3.47. The summed E-state index contributed by atoms with van der Waals surface area (Å²) in [4.78, 5) is 18.2. The Labute approximate surface area is 194 Å². The van der Waals surface area contributed by atoms with Gasteiger partial charge in [-0.3, -0.25) is 0 Å². The molecule has 166 valence electrons. The molecule has 2 aromatic carbocycles. The van der Waals surface area contributed by atoms with Crippen molar-refractivity contribution in [3.05, 3.63) is 53.5 Å². The van der Waals surface area contributed by atoms with Crippen LogP contribution in [0.4, 0.5) is 9.93 Å². The molecule has 11 heteroatoms. The molecule has 0 saturated carbocycles. The van der Waals surface area contributed by atoms with E-state index < -0.39 is 31.2 Å². The summed E-state index contributed by atoms with van der Waals surface area (Å²) in [5, 5.41) is 13.3. The van der Waals surface area contributed by atoms with Gasteiger partial charge in [-0.1, -0.05) is 30.3 Å². The molecule has 1 amide bonds. The van der Waals surface area contributed by atoms with Crippen LogP contribution < -0.4 is 36.3 Å². The number of rotatable bonds is 7. The Morgan fingerprint density at radius 2 is 1.94 bits per heavy atom. The molecule has 4 rings (SSSR count). The number of hydrogen-bond acceptors (Lipinski definition) is 7. The van der Waals surface area contributed by atoms with Gasteiger partial charge in [0, 0.05) is 0 Å². The SMILES string of the molecule is O=C(NO)[I-]Cc1csc(N2CCC(NS(=O)(=O)c3ccc4ccccc4c3)CC2)n1. The Bertz CT molecular complexity index is 1180. The van der Waals surface area contributed by atoms with Gasteiger partial charge >= 0.3 is 155 Å². The second-order valence-corrected chi connectivity index (χ2v) is 12.2. The van der Waals surface area contributed by atoms with E-state index in [0.717, 1.165) is 21.6 Å². The molecule has 1 fully saturated rings. The van der Waals surface area contributed by atoms with Crippen LogP contribution in [0, 0.1) is 0 Å². The maximum atomic E-state index is 12.9. The number of hydroxylamine groups is 1. The Morgan fingerprint density at radius 3 is 2.68 bits per heavy atom. The molecule has 2 heterocycles. The van der Waals surface area contributed by atoms with E-state index in [-0.39, 0.29) is 14.9 Å². The number of piperidine rings is 1. The van der Waals surface area contributed by atoms with Gasteiger partial charge in [-0.15, -0.1) is 0 Å². The molecule has 0 radical (unpaired) electrons. The van der Waals surface area contributed by atoms with Crippen LogP contribution in [0.2, 0.25) is 0 Å². The van der Waals surface area contributed by atoms with Crippen molar-refractivity contribution in [3.8, 4) is 0 Å². The predicted octanol–water partition coefficient (Wildman–Crippen LogP) is -0.0686. The summed E-state index contributed by atoms with van der Waals surface area (Å²) in [6, 6.07) is 12.8. The second-order valence-electron chi connectivity index (χ2n) is 7.17. The summed E-state index contributed by atoms with van der Waals surface area (Å²) in [6.45, 7) is 1.42. The van der Waals surface area contributed by atoms with Crippen molar-refractivity contribution in [2.24, 2.45) is 0 Å². The van der Waals surface area contributed by atoms with Crippen LogP contribution in [0.5, 0.6) is 0 Å². The number of anilines is 1. The Balaban J connectivity index is 1.34. The average Bonchev–Trinajstić information content (AvgIpc) is 3.26. The number of benzene rings is 2. The minimum absolute atomic E-state index is 0.119. The average molecular weight is 573 g/mol. The molecule has 1 aromatic heterocycles. The fraction of sp³-hybridized carbons (Fsp3) is 0.300. The van der Waals surface area contributed by atoms with E-state index in [1.54, 1.807) is 17.6 Å². The van der Waals surface area contributed by atoms with Crippen molar-refractivity contribution in [2.75, 3.05) is 18.0 Å². The Hall–Kier alpha value is -1.80. The third-order valence-corrected chi connectivity index (χ3v) is 9.64. The summed E-state index contributed by atoms with van der Waals surface area (Å²) in [5.74, 6) is 0. The van der Waals surface area contributed by atoms with Crippen molar-refractivity contribution in [2.45, 2.75) is 28.2 Å². The molecule has 1 saturated heterocycles. The van der Waals surface area contributed by atoms with Crippen LogP contribution in [0.1, 0.15) is 18.5 Å². The molecule has 8 nitrogen and oxygen atoms in total. The maximum absolute atomic E-state index is 12.9. The topological polar surface area (TPSA) is 112 Å². The number of nitrogens with zero attached hydrogens (tertiary/aromatic N) is 2. The third kappa shape index (κ3) is 5.52. The molecule has 31 heavy (non-hydrogen) atoms. The molecule has 1 aliphatic rings. The van der Waals surface area contributed by atoms with Crippen molar-refractivity contribution in [1.82, 2.24) is 15.2 Å². The van der Waals surface area contributed by atoms with Gasteiger partial charge in [-0.05, 0) is 10.8 Å². The van der Waals surface area contributed by atoms with Crippen molar-refractivity contribution in [3.63, 3.8) is 0 Å². The molecule has 0 bridgehead atoms. The first kappa shape index (κ1) is 22.4. The van der Waals surface area contributed by atoms with Crippen LogP contribution in [0.3, 0.4) is 0 Å². The number of nitrogens with one attached hydrogen (secondary N) is 2. The van der Waals surface area contributed by atoms with Crippen LogP contribution in [0.25, 0.3) is 10.8 Å². The molecule has 0 aliphatic carbocycles. The molecule has 0 unspecified atom stereocenters. The number of hydrogen-bond donors (Lipinski definition) is 3. The van der Waals surface area contributed by atoms with Gasteiger partial charge in [0.25, 0.3) is 0 Å². The summed E-state index contributed by atoms with van der Waals surface area (Å²) in [6.07, 6.45) is 1.39. The summed E-state index contributed by atoms with van der Waals surface area (Å²) in [7, 11) is -3.58. The first-order valence-electron chi connectivity index (χ1n) is 9.68. The number of carbonyl (C=O) groups excluding carboxylic acids is 1. The number of amides is 1. The van der Waals surface area contributed by atoms with Crippen molar-refractivity contribution >= 4 is 41.2 Å². The molecular weight excluding hydrogens is 551 g/mol. The van der Waals surface area contributed by atoms with Crippen LogP contribution in [-0.2, 0) is 14.5 Å². The Kier molecular flexibility index (Phi) is 7.06. The summed E-state index contributed by atoms with van der Waals surface area (Å²) in [5.41, 5.74) is 2.53. The molecule has 0 spiro atoms. The summed E-state index contributed by atoms with van der Waals surface area (Å²) < 4.78 is 28.8. The van der Waals surface area contributed by atoms with Crippen molar-refractivity contribution in [1.29, 1.82) is 0 Å². The fourth-order valence-corrected chi connectivity index (χ4v) is 7.29. The monoisotopic (exact) mass is 573 g/mol. The molecule has 0 atom stereocenters. The normalized spacial score (nSPS) is 15.5. The Morgan fingerprint density at radius 1 is 1.19 bits per heavy atom. The number of halogens is 1. The second kappa shape index (κ2) is 9.77. The van der Waals surface area contributed by atoms with E-state index in [9.17, 15) is 13.2 Å². The van der Waals surface area contributed by atoms with E-state index in [1.807, 2.05) is 35.7 Å². The zero-order valence-corrected chi connectivity index (χ0v) is 20.3. The number of aromatic nitrogens is 1. The van der Waals surface area contributed by atoms with Gasteiger partial charge in [0.05, 0.1) is 0 Å². The zero-order valence-electron chi connectivity index (χ0n) is 16.5. The van der Waals surface area contributed by atoms with E-state index in [2.05, 4.69) is 14.6 Å². The van der Waals surface area contributed by atoms with E-state index in [4.69, 9.17) is 5.21 Å². The quantitative estimate of drug-likeness (QED) is 0.0912. The van der Waals surface area contributed by atoms with Gasteiger partial charge in [-0.2, -0.15) is 0 Å². The van der Waals surface area contributed by atoms with Gasteiger partial charge in [0.15, 0.2) is 0 Å².